The molecule has 0 saturated heterocycles. The van der Waals surface area contributed by atoms with E-state index in [9.17, 15) is 5.11 Å². The molecule has 138 valence electrons. The third kappa shape index (κ3) is 4.03. The molecule has 2 aromatic rings. The Morgan fingerprint density at radius 1 is 1.11 bits per heavy atom. The van der Waals surface area contributed by atoms with Crippen LogP contribution in [0.5, 0.6) is 17.2 Å². The second-order valence-electron chi connectivity index (χ2n) is 6.91. The van der Waals surface area contributed by atoms with Gasteiger partial charge in [-0.25, -0.2) is 0 Å². The molecule has 0 unspecified atom stereocenters. The number of rotatable bonds is 4. The summed E-state index contributed by atoms with van der Waals surface area (Å²) in [5.41, 5.74) is 6.15. The van der Waals surface area contributed by atoms with Crippen molar-refractivity contribution in [1.82, 2.24) is 4.90 Å². The minimum Gasteiger partial charge on any atom is -0.504 e. The number of methoxy groups -OCH3 is 2. The summed E-state index contributed by atoms with van der Waals surface area (Å²) in [7, 11) is 3.33. The average Bonchev–Trinajstić information content (AvgIpc) is 2.63. The summed E-state index contributed by atoms with van der Waals surface area (Å²) < 4.78 is 11.1. The van der Waals surface area contributed by atoms with Crippen molar-refractivity contribution >= 4 is 0 Å². The van der Waals surface area contributed by atoms with E-state index in [0.29, 0.717) is 11.8 Å². The van der Waals surface area contributed by atoms with Crippen LogP contribution in [0, 0.1) is 0 Å². The predicted octanol–water partition coefficient (Wildman–Crippen LogP) is 3.94. The van der Waals surface area contributed by atoms with Crippen molar-refractivity contribution in [2.24, 2.45) is 0 Å². The molecule has 2 radical (unpaired) electrons. The maximum Gasteiger partial charge on any atom is 0.168 e. The number of ether oxygens (including phenoxy) is 2. The van der Waals surface area contributed by atoms with Gasteiger partial charge >= 0.3 is 0 Å². The van der Waals surface area contributed by atoms with Crippen LogP contribution in [-0.2, 0) is 78.3 Å². The smallest absolute Gasteiger partial charge is 0.168 e. The van der Waals surface area contributed by atoms with Gasteiger partial charge in [-0.15, -0.1) is 0 Å². The molecule has 0 bridgehead atoms. The van der Waals surface area contributed by atoms with Crippen LogP contribution in [0.1, 0.15) is 36.1 Å². The average molecular weight is 517 g/mol. The molecule has 1 heterocycles. The molecule has 6 heteroatoms. The van der Waals surface area contributed by atoms with Crippen LogP contribution in [0.4, 0.5) is 0 Å². The van der Waals surface area contributed by atoms with Gasteiger partial charge in [-0.2, -0.15) is 0 Å². The van der Waals surface area contributed by atoms with Crippen molar-refractivity contribution < 1.29 is 80.0 Å². The molecule has 2 aliphatic rings. The molecule has 4 nitrogen and oxygen atoms in total. The Morgan fingerprint density at radius 3 is 2.56 bits per heavy atom. The van der Waals surface area contributed by atoms with Crippen LogP contribution in [0.25, 0.3) is 11.1 Å². The first-order valence-electron chi connectivity index (χ1n) is 9.02. The van der Waals surface area contributed by atoms with E-state index in [1.54, 1.807) is 20.3 Å². The van der Waals surface area contributed by atoms with Gasteiger partial charge in [0.2, 0.25) is 0 Å². The summed E-state index contributed by atoms with van der Waals surface area (Å²) in [6.07, 6.45) is 3.15. The van der Waals surface area contributed by atoms with Gasteiger partial charge in [-0.05, 0) is 66.3 Å². The molecule has 0 spiro atoms. The van der Waals surface area contributed by atoms with E-state index >= 15 is 0 Å². The van der Waals surface area contributed by atoms with E-state index in [1.165, 1.54) is 16.7 Å². The minimum absolute atomic E-state index is 0. The molecule has 1 aliphatic heterocycles. The number of fused-ring (bicyclic) bond motifs is 2. The summed E-state index contributed by atoms with van der Waals surface area (Å²) >= 11 is 0. The van der Waals surface area contributed by atoms with Crippen LogP contribution in [0.2, 0.25) is 0 Å². The van der Waals surface area contributed by atoms with Gasteiger partial charge in [0.15, 0.2) is 11.5 Å². The molecule has 4 rings (SSSR count). The first-order chi connectivity index (χ1) is 12.2. The van der Waals surface area contributed by atoms with E-state index in [1.807, 2.05) is 6.07 Å². The Labute approximate surface area is 211 Å². The largest absolute Gasteiger partial charge is 0.504 e. The fourth-order valence-corrected chi connectivity index (χ4v) is 4.49. The molecule has 0 saturated carbocycles. The van der Waals surface area contributed by atoms with Crippen molar-refractivity contribution in [2.75, 3.05) is 27.3 Å². The number of hydrogen-bond acceptors (Lipinski definition) is 4. The second kappa shape index (κ2) is 9.67. The van der Waals surface area contributed by atoms with E-state index in [0.717, 1.165) is 49.2 Å². The van der Waals surface area contributed by atoms with Crippen LogP contribution >= 0.6 is 0 Å². The van der Waals surface area contributed by atoms with Crippen molar-refractivity contribution in [3.05, 3.63) is 41.0 Å². The van der Waals surface area contributed by atoms with Crippen molar-refractivity contribution in [3.63, 3.8) is 0 Å². The molecule has 1 atom stereocenters. The Kier molecular flexibility index (Phi) is 8.34. The fourth-order valence-electron chi connectivity index (χ4n) is 4.49. The predicted molar refractivity (Wildman–Crippen MR) is 98.7 cm³/mol. The van der Waals surface area contributed by atoms with E-state index in [4.69, 9.17) is 9.47 Å². The molecule has 0 fully saturated rings. The Bertz CT molecular complexity index is 826. The van der Waals surface area contributed by atoms with Crippen LogP contribution in [0.15, 0.2) is 24.3 Å². The third-order valence-corrected chi connectivity index (χ3v) is 5.54. The topological polar surface area (TPSA) is 41.9 Å². The molecule has 2 aromatic carbocycles. The Morgan fingerprint density at radius 2 is 1.89 bits per heavy atom. The quantitative estimate of drug-likeness (QED) is 0.668. The number of nitrogens with zero attached hydrogens (tertiary/aromatic N) is 1. The standard InChI is InChI=1S/C21H25NO3.2Y/c1-4-8-22-9-7-14-10-15(24-2)12-16-19(14)17(22)11-13-5-6-18(23)21(25-3)20(13)16;;/h5-6,10,12,17,23H,4,7-9,11H2,1-3H3;;/t17-;;/m1../s1. The van der Waals surface area contributed by atoms with Gasteiger partial charge in [-0.1, -0.05) is 13.0 Å². The van der Waals surface area contributed by atoms with Crippen molar-refractivity contribution in [1.29, 1.82) is 0 Å². The summed E-state index contributed by atoms with van der Waals surface area (Å²) in [5.74, 6) is 1.63. The van der Waals surface area contributed by atoms with Gasteiger partial charge in [0.05, 0.1) is 14.2 Å². The minimum atomic E-state index is 0. The van der Waals surface area contributed by atoms with E-state index < -0.39 is 0 Å². The molecular weight excluding hydrogens is 492 g/mol. The van der Waals surface area contributed by atoms with Gasteiger partial charge in [-0.3, -0.25) is 4.90 Å². The SMILES string of the molecule is CCCN1CCc2cc(OC)cc3c2[C@H]1Cc1ccc(O)c(OC)c1-3.[Y].[Y]. The number of benzene rings is 2. The summed E-state index contributed by atoms with van der Waals surface area (Å²) in [6.45, 7) is 4.44. The zero-order valence-corrected chi connectivity index (χ0v) is 22.0. The fraction of sp³-hybridized carbons (Fsp3) is 0.429. The first kappa shape index (κ1) is 23.3. The van der Waals surface area contributed by atoms with Crippen molar-refractivity contribution in [2.45, 2.75) is 32.2 Å². The monoisotopic (exact) mass is 517 g/mol. The van der Waals surface area contributed by atoms with Gasteiger partial charge in [0.1, 0.15) is 5.75 Å². The Balaban J connectivity index is 0.00000131. The zero-order chi connectivity index (χ0) is 17.6. The Hall–Kier alpha value is 0.00779. The summed E-state index contributed by atoms with van der Waals surface area (Å²) in [4.78, 5) is 2.60. The van der Waals surface area contributed by atoms with Gasteiger partial charge in [0, 0.05) is 83.6 Å². The maximum atomic E-state index is 10.3. The summed E-state index contributed by atoms with van der Waals surface area (Å²) in [5, 5.41) is 10.3. The maximum absolute atomic E-state index is 10.3. The molecule has 27 heavy (non-hydrogen) atoms. The second-order valence-corrected chi connectivity index (χ2v) is 6.91. The zero-order valence-electron chi connectivity index (χ0n) is 16.3. The van der Waals surface area contributed by atoms with Crippen LogP contribution < -0.4 is 9.47 Å². The number of phenols is 1. The molecular formula is C21H25NO3Y2. The molecule has 0 aromatic heterocycles. The van der Waals surface area contributed by atoms with Crippen LogP contribution in [0.3, 0.4) is 0 Å². The molecule has 1 N–H and O–H groups in total. The van der Waals surface area contributed by atoms with Crippen LogP contribution in [-0.4, -0.2) is 37.3 Å². The van der Waals surface area contributed by atoms with E-state index in [-0.39, 0.29) is 71.2 Å². The van der Waals surface area contributed by atoms with Crippen molar-refractivity contribution in [3.8, 4) is 28.4 Å². The molecule has 0 amide bonds. The molecule has 1 aliphatic carbocycles. The number of hydrogen-bond donors (Lipinski definition) is 1. The number of phenolic OH excluding ortho intramolecular Hbond substituents is 1. The third-order valence-electron chi connectivity index (χ3n) is 5.54. The van der Waals surface area contributed by atoms with Gasteiger partial charge < -0.3 is 14.6 Å². The van der Waals surface area contributed by atoms with E-state index in [2.05, 4.69) is 24.0 Å². The first-order valence-corrected chi connectivity index (χ1v) is 9.02. The van der Waals surface area contributed by atoms with Gasteiger partial charge in [0.25, 0.3) is 0 Å². The number of aromatic hydroxyl groups is 1. The summed E-state index contributed by atoms with van der Waals surface area (Å²) in [6, 6.07) is 8.45. The normalized spacial score (nSPS) is 17.1.